The lowest BCUT2D eigenvalue weighted by Gasteiger charge is -2.43. The van der Waals surface area contributed by atoms with Crippen LogP contribution in [-0.4, -0.2) is 67.6 Å². The summed E-state index contributed by atoms with van der Waals surface area (Å²) < 4.78 is 27.6. The highest BCUT2D eigenvalue weighted by atomic mass is 16.7. The number of aliphatic hydroxyl groups excluding tert-OH is 1. The molecule has 0 aromatic carbocycles. The van der Waals surface area contributed by atoms with Gasteiger partial charge in [-0.1, -0.05) is 26.7 Å². The van der Waals surface area contributed by atoms with Crippen molar-refractivity contribution in [1.29, 1.82) is 0 Å². The Balaban J connectivity index is 2.92. The summed E-state index contributed by atoms with van der Waals surface area (Å²) >= 11 is 0. The number of esters is 2. The number of hydrogen-bond acceptors (Lipinski definition) is 8. The Morgan fingerprint density at radius 3 is 2.12 bits per heavy atom. The van der Waals surface area contributed by atoms with Gasteiger partial charge in [0.1, 0.15) is 24.9 Å². The van der Waals surface area contributed by atoms with Crippen molar-refractivity contribution in [3.05, 3.63) is 0 Å². The minimum Gasteiger partial charge on any atom is -0.463 e. The van der Waals surface area contributed by atoms with E-state index in [1.54, 1.807) is 0 Å². The van der Waals surface area contributed by atoms with Gasteiger partial charge in [-0.2, -0.15) is 0 Å². The normalized spacial score (nSPS) is 28.6. The van der Waals surface area contributed by atoms with Crippen LogP contribution in [0.1, 0.15) is 53.4 Å². The Morgan fingerprint density at radius 2 is 1.58 bits per heavy atom. The molecule has 5 unspecified atom stereocenters. The molecule has 8 nitrogen and oxygen atoms in total. The molecule has 1 aliphatic heterocycles. The second kappa shape index (κ2) is 12.2. The van der Waals surface area contributed by atoms with Crippen LogP contribution >= 0.6 is 0 Å². The zero-order valence-electron chi connectivity index (χ0n) is 16.1. The first-order chi connectivity index (χ1) is 12.4. The Kier molecular flexibility index (Phi) is 10.7. The van der Waals surface area contributed by atoms with E-state index in [0.717, 1.165) is 25.7 Å². The highest BCUT2D eigenvalue weighted by molar-refractivity contribution is 5.66. The Morgan fingerprint density at radius 1 is 0.962 bits per heavy atom. The molecular formula is C18H32O8. The molecule has 0 aliphatic carbocycles. The monoisotopic (exact) mass is 376 g/mol. The van der Waals surface area contributed by atoms with Crippen LogP contribution < -0.4 is 0 Å². The lowest BCUT2D eigenvalue weighted by molar-refractivity contribution is -0.310. The van der Waals surface area contributed by atoms with E-state index in [1.165, 1.54) is 13.8 Å². The predicted octanol–water partition coefficient (Wildman–Crippen LogP) is 1.57. The van der Waals surface area contributed by atoms with Crippen molar-refractivity contribution in [3.63, 3.8) is 0 Å². The first-order valence-corrected chi connectivity index (χ1v) is 9.28. The van der Waals surface area contributed by atoms with Gasteiger partial charge in [-0.05, 0) is 12.8 Å². The molecule has 152 valence electrons. The van der Waals surface area contributed by atoms with Crippen molar-refractivity contribution in [2.45, 2.75) is 84.1 Å². The summed E-state index contributed by atoms with van der Waals surface area (Å²) in [6.45, 7) is 7.29. The molecule has 1 aliphatic rings. The zero-order valence-corrected chi connectivity index (χ0v) is 16.1. The van der Waals surface area contributed by atoms with Crippen molar-refractivity contribution < 1.29 is 38.4 Å². The average molecular weight is 376 g/mol. The quantitative estimate of drug-likeness (QED) is 0.428. The zero-order chi connectivity index (χ0) is 19.5. The van der Waals surface area contributed by atoms with Gasteiger partial charge in [0, 0.05) is 27.1 Å². The summed E-state index contributed by atoms with van der Waals surface area (Å²) in [4.78, 5) is 22.6. The topological polar surface area (TPSA) is 101 Å². The molecule has 0 aromatic heterocycles. The second-order valence-electron chi connectivity index (χ2n) is 6.32. The van der Waals surface area contributed by atoms with Crippen LogP contribution in [0.15, 0.2) is 0 Å². The molecular weight excluding hydrogens is 344 g/mol. The molecule has 0 aromatic rings. The number of carbonyl (C=O) groups is 2. The van der Waals surface area contributed by atoms with E-state index in [2.05, 4.69) is 0 Å². The largest absolute Gasteiger partial charge is 0.463 e. The highest BCUT2D eigenvalue weighted by Crippen LogP contribution is 2.28. The second-order valence-corrected chi connectivity index (χ2v) is 6.32. The number of hydrogen-bond donors (Lipinski definition) is 1. The maximum absolute atomic E-state index is 11.5. The molecule has 1 saturated heterocycles. The maximum atomic E-state index is 11.5. The third-order valence-corrected chi connectivity index (χ3v) is 3.96. The van der Waals surface area contributed by atoms with E-state index in [1.807, 2.05) is 13.8 Å². The van der Waals surface area contributed by atoms with Crippen LogP contribution in [0.25, 0.3) is 0 Å². The van der Waals surface area contributed by atoms with Crippen molar-refractivity contribution >= 4 is 11.9 Å². The summed E-state index contributed by atoms with van der Waals surface area (Å²) in [5.41, 5.74) is 0. The minimum atomic E-state index is -1.12. The van der Waals surface area contributed by atoms with E-state index in [-0.39, 0.29) is 6.61 Å². The summed E-state index contributed by atoms with van der Waals surface area (Å²) in [6, 6.07) is 0. The van der Waals surface area contributed by atoms with Crippen LogP contribution in [0.2, 0.25) is 0 Å². The molecule has 26 heavy (non-hydrogen) atoms. The molecule has 8 heteroatoms. The molecule has 5 atom stereocenters. The predicted molar refractivity (Wildman–Crippen MR) is 92.4 cm³/mol. The summed E-state index contributed by atoms with van der Waals surface area (Å²) in [6.07, 6.45) is -1.12. The molecule has 0 radical (unpaired) electrons. The van der Waals surface area contributed by atoms with Gasteiger partial charge in [-0.25, -0.2) is 0 Å². The van der Waals surface area contributed by atoms with Crippen LogP contribution in [0.5, 0.6) is 0 Å². The number of rotatable bonds is 11. The van der Waals surface area contributed by atoms with Crippen LogP contribution in [0.3, 0.4) is 0 Å². The first kappa shape index (κ1) is 22.8. The SMILES string of the molecule is CCCCOC1OC(COC(C)=O)C(O)C(OCCCC)C1OC(C)=O. The maximum Gasteiger partial charge on any atom is 0.303 e. The van der Waals surface area contributed by atoms with E-state index in [4.69, 9.17) is 23.7 Å². The van der Waals surface area contributed by atoms with Gasteiger partial charge in [0.05, 0.1) is 0 Å². The van der Waals surface area contributed by atoms with Gasteiger partial charge < -0.3 is 28.8 Å². The molecule has 0 spiro atoms. The van der Waals surface area contributed by atoms with Gasteiger partial charge in [0.15, 0.2) is 12.4 Å². The standard InChI is InChI=1S/C18H32O8/c1-5-7-9-22-16-15(21)14(11-24-12(3)19)26-18(23-10-8-6-2)17(16)25-13(4)20/h14-18,21H,5-11H2,1-4H3. The molecule has 0 amide bonds. The fourth-order valence-corrected chi connectivity index (χ4v) is 2.58. The fraction of sp³-hybridized carbons (Fsp3) is 0.889. The van der Waals surface area contributed by atoms with E-state index < -0.39 is 42.6 Å². The van der Waals surface area contributed by atoms with Gasteiger partial charge in [-0.3, -0.25) is 9.59 Å². The molecule has 1 heterocycles. The molecule has 0 saturated carbocycles. The van der Waals surface area contributed by atoms with E-state index in [0.29, 0.717) is 13.2 Å². The number of unbranched alkanes of at least 4 members (excludes halogenated alkanes) is 2. The fourth-order valence-electron chi connectivity index (χ4n) is 2.58. The van der Waals surface area contributed by atoms with E-state index in [9.17, 15) is 14.7 Å². The Bertz CT molecular complexity index is 427. The molecule has 0 bridgehead atoms. The lowest BCUT2D eigenvalue weighted by atomic mass is 9.98. The van der Waals surface area contributed by atoms with Gasteiger partial charge in [-0.15, -0.1) is 0 Å². The number of ether oxygens (including phenoxy) is 5. The highest BCUT2D eigenvalue weighted by Gasteiger charge is 2.49. The summed E-state index contributed by atoms with van der Waals surface area (Å²) in [5, 5.41) is 10.6. The average Bonchev–Trinajstić information content (AvgIpc) is 2.58. The van der Waals surface area contributed by atoms with Gasteiger partial charge in [0.25, 0.3) is 0 Å². The minimum absolute atomic E-state index is 0.134. The number of carbonyl (C=O) groups excluding carboxylic acids is 2. The van der Waals surface area contributed by atoms with Crippen LogP contribution in [-0.2, 0) is 33.3 Å². The van der Waals surface area contributed by atoms with Crippen LogP contribution in [0.4, 0.5) is 0 Å². The van der Waals surface area contributed by atoms with Crippen molar-refractivity contribution in [2.75, 3.05) is 19.8 Å². The van der Waals surface area contributed by atoms with Gasteiger partial charge >= 0.3 is 11.9 Å². The molecule has 1 fully saturated rings. The van der Waals surface area contributed by atoms with E-state index >= 15 is 0 Å². The van der Waals surface area contributed by atoms with Crippen molar-refractivity contribution in [1.82, 2.24) is 0 Å². The third-order valence-electron chi connectivity index (χ3n) is 3.96. The first-order valence-electron chi connectivity index (χ1n) is 9.28. The lowest BCUT2D eigenvalue weighted by Crippen LogP contribution is -2.61. The van der Waals surface area contributed by atoms with Crippen LogP contribution in [0, 0.1) is 0 Å². The number of aliphatic hydroxyl groups is 1. The summed E-state index contributed by atoms with van der Waals surface area (Å²) in [7, 11) is 0. The Labute approximate surface area is 155 Å². The molecule has 1 rings (SSSR count). The Hall–Kier alpha value is -1.22. The van der Waals surface area contributed by atoms with Crippen molar-refractivity contribution in [2.24, 2.45) is 0 Å². The smallest absolute Gasteiger partial charge is 0.303 e. The molecule has 1 N–H and O–H groups in total. The van der Waals surface area contributed by atoms with Gasteiger partial charge in [0.2, 0.25) is 0 Å². The summed E-state index contributed by atoms with van der Waals surface area (Å²) in [5.74, 6) is -0.993. The third kappa shape index (κ3) is 7.57. The van der Waals surface area contributed by atoms with Crippen molar-refractivity contribution in [3.8, 4) is 0 Å².